The van der Waals surface area contributed by atoms with Crippen molar-refractivity contribution in [3.05, 3.63) is 29.3 Å². The van der Waals surface area contributed by atoms with Gasteiger partial charge in [-0.05, 0) is 31.0 Å². The maximum absolute atomic E-state index is 11.9. The lowest BCUT2D eigenvalue weighted by molar-refractivity contribution is -0.123. The van der Waals surface area contributed by atoms with Crippen molar-refractivity contribution < 1.29 is 9.53 Å². The normalized spacial score (nSPS) is 17.1. The van der Waals surface area contributed by atoms with Crippen molar-refractivity contribution in [2.45, 2.75) is 51.0 Å². The molecule has 0 aliphatic heterocycles. The van der Waals surface area contributed by atoms with Gasteiger partial charge in [0, 0.05) is 11.1 Å². The molecule has 1 aliphatic carbocycles. The molecule has 1 aromatic rings. The Labute approximate surface area is 125 Å². The van der Waals surface area contributed by atoms with Gasteiger partial charge in [-0.1, -0.05) is 49.8 Å². The first-order valence-corrected chi connectivity index (χ1v) is 7.79. The minimum atomic E-state index is -0.0458. The van der Waals surface area contributed by atoms with Crippen molar-refractivity contribution in [3.8, 4) is 5.75 Å². The number of nitrogens with one attached hydrogen (secondary N) is 1. The molecule has 0 bridgehead atoms. The Bertz CT molecular complexity index is 428. The van der Waals surface area contributed by atoms with Gasteiger partial charge in [-0.15, -0.1) is 0 Å². The fraction of sp³-hybridized carbons (Fsp3) is 0.562. The van der Waals surface area contributed by atoms with E-state index in [-0.39, 0.29) is 12.5 Å². The molecule has 1 aliphatic rings. The summed E-state index contributed by atoms with van der Waals surface area (Å²) in [5, 5.41) is 3.69. The first kappa shape index (κ1) is 15.2. The summed E-state index contributed by atoms with van der Waals surface area (Å²) in [7, 11) is 0. The Balaban J connectivity index is 1.74. The standard InChI is InChI=1S/C16H22ClNO2/c17-13-7-6-10-15(11-13)20-12-16(19)18-14-8-4-2-1-3-5-9-14/h6-7,10-11,14H,1-5,8-9,12H2,(H,18,19). The lowest BCUT2D eigenvalue weighted by atomic mass is 9.97. The van der Waals surface area contributed by atoms with Crippen LogP contribution in [0.25, 0.3) is 0 Å². The number of ether oxygens (including phenoxy) is 1. The van der Waals surface area contributed by atoms with Crippen LogP contribution in [0.4, 0.5) is 0 Å². The number of benzene rings is 1. The SMILES string of the molecule is O=C(COc1cccc(Cl)c1)NC1CCCCCCC1. The molecule has 0 heterocycles. The molecule has 1 N–H and O–H groups in total. The minimum absolute atomic E-state index is 0.0458. The molecule has 20 heavy (non-hydrogen) atoms. The first-order chi connectivity index (χ1) is 9.74. The van der Waals surface area contributed by atoms with Gasteiger partial charge in [0.2, 0.25) is 0 Å². The highest BCUT2D eigenvalue weighted by molar-refractivity contribution is 6.30. The predicted molar refractivity (Wildman–Crippen MR) is 81.2 cm³/mol. The Hall–Kier alpha value is -1.22. The van der Waals surface area contributed by atoms with E-state index in [9.17, 15) is 4.79 Å². The summed E-state index contributed by atoms with van der Waals surface area (Å²) in [6, 6.07) is 7.42. The molecule has 1 aromatic carbocycles. The van der Waals surface area contributed by atoms with Crippen LogP contribution in [0.5, 0.6) is 5.75 Å². The number of halogens is 1. The number of hydrogen-bond acceptors (Lipinski definition) is 2. The van der Waals surface area contributed by atoms with E-state index in [0.29, 0.717) is 16.8 Å². The average Bonchev–Trinajstić information content (AvgIpc) is 2.39. The van der Waals surface area contributed by atoms with E-state index in [2.05, 4.69) is 5.32 Å². The van der Waals surface area contributed by atoms with Crippen molar-refractivity contribution >= 4 is 17.5 Å². The third kappa shape index (κ3) is 5.41. The summed E-state index contributed by atoms with van der Waals surface area (Å²) in [4.78, 5) is 11.9. The van der Waals surface area contributed by atoms with Crippen LogP contribution in [0.15, 0.2) is 24.3 Å². The summed E-state index contributed by atoms with van der Waals surface area (Å²) >= 11 is 5.87. The van der Waals surface area contributed by atoms with Gasteiger partial charge >= 0.3 is 0 Å². The van der Waals surface area contributed by atoms with Crippen molar-refractivity contribution in [2.24, 2.45) is 0 Å². The third-order valence-electron chi connectivity index (χ3n) is 3.64. The average molecular weight is 296 g/mol. The molecule has 0 radical (unpaired) electrons. The van der Waals surface area contributed by atoms with E-state index in [1.807, 2.05) is 6.07 Å². The van der Waals surface area contributed by atoms with E-state index in [1.165, 1.54) is 32.1 Å². The van der Waals surface area contributed by atoms with Crippen molar-refractivity contribution in [2.75, 3.05) is 6.61 Å². The molecule has 4 heteroatoms. The molecular weight excluding hydrogens is 274 g/mol. The minimum Gasteiger partial charge on any atom is -0.484 e. The maximum Gasteiger partial charge on any atom is 0.258 e. The van der Waals surface area contributed by atoms with Gasteiger partial charge < -0.3 is 10.1 Å². The van der Waals surface area contributed by atoms with E-state index in [1.54, 1.807) is 18.2 Å². The highest BCUT2D eigenvalue weighted by Crippen LogP contribution is 2.18. The molecule has 2 rings (SSSR count). The molecule has 1 saturated carbocycles. The monoisotopic (exact) mass is 295 g/mol. The van der Waals surface area contributed by atoms with E-state index >= 15 is 0 Å². The molecular formula is C16H22ClNO2. The number of hydrogen-bond donors (Lipinski definition) is 1. The topological polar surface area (TPSA) is 38.3 Å². The van der Waals surface area contributed by atoms with Crippen LogP contribution in [0.1, 0.15) is 44.9 Å². The van der Waals surface area contributed by atoms with Gasteiger partial charge in [0.15, 0.2) is 6.61 Å². The fourth-order valence-electron chi connectivity index (χ4n) is 2.58. The van der Waals surface area contributed by atoms with Crippen molar-refractivity contribution in [3.63, 3.8) is 0 Å². The first-order valence-electron chi connectivity index (χ1n) is 7.42. The third-order valence-corrected chi connectivity index (χ3v) is 3.87. The summed E-state index contributed by atoms with van der Waals surface area (Å²) in [6.45, 7) is 0.0524. The zero-order valence-corrected chi connectivity index (χ0v) is 12.5. The Morgan fingerprint density at radius 1 is 1.20 bits per heavy atom. The zero-order chi connectivity index (χ0) is 14.2. The fourth-order valence-corrected chi connectivity index (χ4v) is 2.76. The summed E-state index contributed by atoms with van der Waals surface area (Å²) in [6.07, 6.45) is 8.49. The summed E-state index contributed by atoms with van der Waals surface area (Å²) in [5.74, 6) is 0.584. The Morgan fingerprint density at radius 3 is 2.60 bits per heavy atom. The maximum atomic E-state index is 11.9. The molecule has 0 saturated heterocycles. The zero-order valence-electron chi connectivity index (χ0n) is 11.7. The molecule has 0 unspecified atom stereocenters. The second kappa shape index (κ2) is 8.15. The van der Waals surface area contributed by atoms with Gasteiger partial charge in [-0.3, -0.25) is 4.79 Å². The van der Waals surface area contributed by atoms with Gasteiger partial charge in [0.1, 0.15) is 5.75 Å². The smallest absolute Gasteiger partial charge is 0.258 e. The molecule has 1 amide bonds. The molecule has 0 spiro atoms. The lowest BCUT2D eigenvalue weighted by Gasteiger charge is -2.21. The van der Waals surface area contributed by atoms with Gasteiger partial charge in [0.05, 0.1) is 0 Å². The van der Waals surface area contributed by atoms with Crippen LogP contribution in [-0.2, 0) is 4.79 Å². The van der Waals surface area contributed by atoms with E-state index in [0.717, 1.165) is 12.8 Å². The van der Waals surface area contributed by atoms with Crippen LogP contribution in [0, 0.1) is 0 Å². The molecule has 3 nitrogen and oxygen atoms in total. The highest BCUT2D eigenvalue weighted by atomic mass is 35.5. The second-order valence-electron chi connectivity index (χ2n) is 5.36. The number of carbonyl (C=O) groups excluding carboxylic acids is 1. The second-order valence-corrected chi connectivity index (χ2v) is 5.79. The van der Waals surface area contributed by atoms with Crippen LogP contribution in [-0.4, -0.2) is 18.6 Å². The van der Waals surface area contributed by atoms with Crippen molar-refractivity contribution in [1.82, 2.24) is 5.32 Å². The molecule has 0 aromatic heterocycles. The summed E-state index contributed by atoms with van der Waals surface area (Å²) < 4.78 is 5.45. The number of rotatable bonds is 4. The van der Waals surface area contributed by atoms with Crippen LogP contribution >= 0.6 is 11.6 Å². The summed E-state index contributed by atoms with van der Waals surface area (Å²) in [5.41, 5.74) is 0. The van der Waals surface area contributed by atoms with Gasteiger partial charge in [0.25, 0.3) is 5.91 Å². The van der Waals surface area contributed by atoms with Gasteiger partial charge in [-0.2, -0.15) is 0 Å². The number of carbonyl (C=O) groups is 1. The Kier molecular flexibility index (Phi) is 6.19. The van der Waals surface area contributed by atoms with Crippen molar-refractivity contribution in [1.29, 1.82) is 0 Å². The van der Waals surface area contributed by atoms with Gasteiger partial charge in [-0.25, -0.2) is 0 Å². The molecule has 0 atom stereocenters. The van der Waals surface area contributed by atoms with Crippen LogP contribution in [0.2, 0.25) is 5.02 Å². The molecule has 110 valence electrons. The van der Waals surface area contributed by atoms with E-state index in [4.69, 9.17) is 16.3 Å². The van der Waals surface area contributed by atoms with Crippen LogP contribution in [0.3, 0.4) is 0 Å². The molecule has 1 fully saturated rings. The Morgan fingerprint density at radius 2 is 1.90 bits per heavy atom. The lowest BCUT2D eigenvalue weighted by Crippen LogP contribution is -2.38. The largest absolute Gasteiger partial charge is 0.484 e. The van der Waals surface area contributed by atoms with E-state index < -0.39 is 0 Å². The quantitative estimate of drug-likeness (QED) is 0.913. The predicted octanol–water partition coefficient (Wildman–Crippen LogP) is 3.95. The highest BCUT2D eigenvalue weighted by Gasteiger charge is 2.14. The number of amides is 1. The van der Waals surface area contributed by atoms with Crippen LogP contribution < -0.4 is 10.1 Å².